The summed E-state index contributed by atoms with van der Waals surface area (Å²) in [5.74, 6) is 2.08. The van der Waals surface area contributed by atoms with Gasteiger partial charge in [0.2, 0.25) is 0 Å². The molecule has 1 N–H and O–H groups in total. The van der Waals surface area contributed by atoms with Crippen LogP contribution in [0.15, 0.2) is 12.4 Å². The molecule has 18 heavy (non-hydrogen) atoms. The molecule has 0 bridgehead atoms. The Labute approximate surface area is 110 Å². The van der Waals surface area contributed by atoms with Crippen LogP contribution >= 0.6 is 0 Å². The second kappa shape index (κ2) is 5.87. The summed E-state index contributed by atoms with van der Waals surface area (Å²) in [6.07, 6.45) is 15.1. The lowest BCUT2D eigenvalue weighted by Gasteiger charge is -2.26. The normalized spacial score (nSPS) is 25.7. The highest BCUT2D eigenvalue weighted by Crippen LogP contribution is 2.20. The Balaban J connectivity index is 1.46. The smallest absolute Gasteiger partial charge is 0.108 e. The summed E-state index contributed by atoms with van der Waals surface area (Å²) in [5, 5.41) is 3.82. The van der Waals surface area contributed by atoms with Crippen molar-refractivity contribution >= 4 is 0 Å². The first-order chi connectivity index (χ1) is 8.92. The zero-order chi connectivity index (χ0) is 12.2. The molecule has 100 valence electrons. The second-order valence-corrected chi connectivity index (χ2v) is 6.00. The van der Waals surface area contributed by atoms with Crippen LogP contribution in [0.3, 0.4) is 0 Å². The van der Waals surface area contributed by atoms with Crippen molar-refractivity contribution in [3.05, 3.63) is 18.2 Å². The lowest BCUT2D eigenvalue weighted by molar-refractivity contribution is 0.322. The molecular weight excluding hydrogens is 222 g/mol. The first kappa shape index (κ1) is 12.2. The minimum atomic E-state index is 0.789. The molecule has 0 saturated heterocycles. The average Bonchev–Trinajstić information content (AvgIpc) is 2.70. The Morgan fingerprint density at radius 1 is 1.17 bits per heavy atom. The molecule has 1 aliphatic heterocycles. The maximum atomic E-state index is 4.40. The topological polar surface area (TPSA) is 29.9 Å². The molecule has 1 atom stereocenters. The molecule has 2 aliphatic rings. The van der Waals surface area contributed by atoms with E-state index in [1.807, 2.05) is 6.20 Å². The summed E-state index contributed by atoms with van der Waals surface area (Å²) in [6, 6.07) is 0.789. The van der Waals surface area contributed by atoms with Gasteiger partial charge >= 0.3 is 0 Å². The van der Waals surface area contributed by atoms with Gasteiger partial charge in [0.25, 0.3) is 0 Å². The van der Waals surface area contributed by atoms with E-state index in [2.05, 4.69) is 21.1 Å². The van der Waals surface area contributed by atoms with Gasteiger partial charge in [0.1, 0.15) is 5.82 Å². The van der Waals surface area contributed by atoms with Gasteiger partial charge in [0, 0.05) is 31.4 Å². The monoisotopic (exact) mass is 247 g/mol. The third-order valence-electron chi connectivity index (χ3n) is 4.58. The highest BCUT2D eigenvalue weighted by molar-refractivity contribution is 4.97. The summed E-state index contributed by atoms with van der Waals surface area (Å²) < 4.78 is 2.34. The lowest BCUT2D eigenvalue weighted by Crippen LogP contribution is -2.36. The Morgan fingerprint density at radius 3 is 2.83 bits per heavy atom. The fourth-order valence-corrected chi connectivity index (χ4v) is 3.42. The fourth-order valence-electron chi connectivity index (χ4n) is 3.42. The molecule has 2 heterocycles. The van der Waals surface area contributed by atoms with Crippen LogP contribution in [0.2, 0.25) is 0 Å². The van der Waals surface area contributed by atoms with Gasteiger partial charge in [0.15, 0.2) is 0 Å². The molecule has 0 spiro atoms. The van der Waals surface area contributed by atoms with E-state index in [1.54, 1.807) is 0 Å². The third kappa shape index (κ3) is 2.94. The van der Waals surface area contributed by atoms with Crippen LogP contribution in [-0.2, 0) is 13.0 Å². The van der Waals surface area contributed by atoms with Crippen LogP contribution in [0.5, 0.6) is 0 Å². The van der Waals surface area contributed by atoms with E-state index < -0.39 is 0 Å². The Hall–Kier alpha value is -0.830. The number of nitrogens with zero attached hydrogens (tertiary/aromatic N) is 2. The van der Waals surface area contributed by atoms with E-state index in [9.17, 15) is 0 Å². The van der Waals surface area contributed by atoms with Gasteiger partial charge in [-0.1, -0.05) is 25.7 Å². The molecule has 1 fully saturated rings. The van der Waals surface area contributed by atoms with Gasteiger partial charge in [0.05, 0.1) is 0 Å². The van der Waals surface area contributed by atoms with Crippen molar-refractivity contribution in [2.75, 3.05) is 6.54 Å². The predicted molar refractivity (Wildman–Crippen MR) is 73.5 cm³/mol. The number of imidazole rings is 1. The summed E-state index contributed by atoms with van der Waals surface area (Å²) in [6.45, 7) is 2.36. The van der Waals surface area contributed by atoms with Gasteiger partial charge in [-0.2, -0.15) is 0 Å². The van der Waals surface area contributed by atoms with Gasteiger partial charge < -0.3 is 9.88 Å². The number of hydrogen-bond acceptors (Lipinski definition) is 2. The number of rotatable bonds is 3. The number of fused-ring (bicyclic) bond motifs is 1. The highest BCUT2D eigenvalue weighted by atomic mass is 15.1. The summed E-state index contributed by atoms with van der Waals surface area (Å²) >= 11 is 0. The van der Waals surface area contributed by atoms with Crippen LogP contribution in [0.1, 0.15) is 50.8 Å². The number of nitrogens with one attached hydrogen (secondary N) is 1. The number of hydrogen-bond donors (Lipinski definition) is 1. The molecule has 3 rings (SSSR count). The molecule has 1 aromatic rings. The molecule has 1 saturated carbocycles. The number of aromatic nitrogens is 2. The quantitative estimate of drug-likeness (QED) is 0.832. The van der Waals surface area contributed by atoms with E-state index in [0.717, 1.165) is 24.9 Å². The lowest BCUT2D eigenvalue weighted by atomic mass is 9.98. The number of aryl methyl sites for hydroxylation is 1. The van der Waals surface area contributed by atoms with Gasteiger partial charge in [-0.25, -0.2) is 4.98 Å². The van der Waals surface area contributed by atoms with Crippen LogP contribution in [0.4, 0.5) is 0 Å². The minimum Gasteiger partial charge on any atom is -0.335 e. The van der Waals surface area contributed by atoms with E-state index in [4.69, 9.17) is 0 Å². The molecule has 0 radical (unpaired) electrons. The average molecular weight is 247 g/mol. The first-order valence-electron chi connectivity index (χ1n) is 7.65. The Morgan fingerprint density at radius 2 is 2.00 bits per heavy atom. The van der Waals surface area contributed by atoms with Crippen LogP contribution in [0.25, 0.3) is 0 Å². The van der Waals surface area contributed by atoms with E-state index >= 15 is 0 Å². The molecule has 0 aromatic carbocycles. The van der Waals surface area contributed by atoms with Crippen molar-refractivity contribution < 1.29 is 0 Å². The Kier molecular flexibility index (Phi) is 3.99. The van der Waals surface area contributed by atoms with E-state index in [-0.39, 0.29) is 0 Å². The highest BCUT2D eigenvalue weighted by Gasteiger charge is 2.20. The maximum absolute atomic E-state index is 4.40. The largest absolute Gasteiger partial charge is 0.335 e. The molecule has 3 nitrogen and oxygen atoms in total. The summed E-state index contributed by atoms with van der Waals surface area (Å²) in [4.78, 5) is 4.40. The second-order valence-electron chi connectivity index (χ2n) is 6.00. The summed E-state index contributed by atoms with van der Waals surface area (Å²) in [7, 11) is 0. The van der Waals surface area contributed by atoms with Crippen molar-refractivity contribution in [1.29, 1.82) is 0 Å². The zero-order valence-electron chi connectivity index (χ0n) is 11.3. The zero-order valence-corrected chi connectivity index (χ0v) is 11.3. The maximum Gasteiger partial charge on any atom is 0.108 e. The van der Waals surface area contributed by atoms with Crippen molar-refractivity contribution in [2.45, 2.75) is 64.0 Å². The molecular formula is C15H25N3. The van der Waals surface area contributed by atoms with Crippen molar-refractivity contribution in [3.8, 4) is 0 Å². The molecule has 0 amide bonds. The first-order valence-corrected chi connectivity index (χ1v) is 7.65. The standard InChI is InChI=1S/C15H25N3/c1-2-4-6-14(5-3-1)17-11-13-7-8-15-16-9-10-18(15)12-13/h9-10,13-14,17H,1-8,11-12H2/t13-/m0/s1. The minimum absolute atomic E-state index is 0.789. The fraction of sp³-hybridized carbons (Fsp3) is 0.800. The molecule has 3 heteroatoms. The van der Waals surface area contributed by atoms with Crippen molar-refractivity contribution in [3.63, 3.8) is 0 Å². The van der Waals surface area contributed by atoms with Crippen LogP contribution in [-0.4, -0.2) is 22.1 Å². The van der Waals surface area contributed by atoms with Crippen molar-refractivity contribution in [2.24, 2.45) is 5.92 Å². The molecule has 0 unspecified atom stereocenters. The Bertz CT molecular complexity index is 364. The van der Waals surface area contributed by atoms with Crippen LogP contribution < -0.4 is 5.32 Å². The van der Waals surface area contributed by atoms with E-state index in [1.165, 1.54) is 57.3 Å². The SMILES string of the molecule is c1cn2c(n1)CC[C@@H](CNC1CCCCCC1)C2. The molecule has 1 aliphatic carbocycles. The van der Waals surface area contributed by atoms with Crippen LogP contribution in [0, 0.1) is 5.92 Å². The van der Waals surface area contributed by atoms with Gasteiger partial charge in [-0.15, -0.1) is 0 Å². The third-order valence-corrected chi connectivity index (χ3v) is 4.58. The predicted octanol–water partition coefficient (Wildman–Crippen LogP) is 2.76. The van der Waals surface area contributed by atoms with E-state index in [0.29, 0.717) is 0 Å². The molecule has 1 aromatic heterocycles. The summed E-state index contributed by atoms with van der Waals surface area (Å²) in [5.41, 5.74) is 0. The van der Waals surface area contributed by atoms with Gasteiger partial charge in [-0.3, -0.25) is 0 Å². The van der Waals surface area contributed by atoms with Crippen molar-refractivity contribution in [1.82, 2.24) is 14.9 Å². The van der Waals surface area contributed by atoms with Gasteiger partial charge in [-0.05, 0) is 31.7 Å².